The summed E-state index contributed by atoms with van der Waals surface area (Å²) in [5.74, 6) is 0.558. The molecule has 1 amide bonds. The maximum Gasteiger partial charge on any atom is 0.404 e. The molecule has 0 aliphatic carbocycles. The van der Waals surface area contributed by atoms with Crippen LogP contribution in [0.5, 0.6) is 5.75 Å². The molecule has 2 N–H and O–H groups in total. The first-order valence-electron chi connectivity index (χ1n) is 5.45. The van der Waals surface area contributed by atoms with Gasteiger partial charge in [-0.1, -0.05) is 41.9 Å². The number of hydrogen-bond acceptors (Lipinski definition) is 2. The van der Waals surface area contributed by atoms with E-state index in [4.69, 9.17) is 21.4 Å². The van der Waals surface area contributed by atoms with Crippen molar-refractivity contribution in [1.82, 2.24) is 5.32 Å². The van der Waals surface area contributed by atoms with E-state index < -0.39 is 6.09 Å². The van der Waals surface area contributed by atoms with Crippen LogP contribution in [-0.2, 0) is 0 Å². The minimum absolute atomic E-state index is 0.221. The average molecular weight is 266 g/mol. The van der Waals surface area contributed by atoms with Crippen LogP contribution in [0.1, 0.15) is 0 Å². The molecule has 4 nitrogen and oxygen atoms in total. The number of ether oxygens (including phenoxy) is 1. The van der Waals surface area contributed by atoms with Gasteiger partial charge in [0.25, 0.3) is 0 Å². The molecule has 0 radical (unpaired) electrons. The standard InChI is InChI=1S/C13H12ClNO3/c14-12-10-4-2-1-3-9(10)5-6-11(12)18-8-7-15-13(16)17/h1-6,15H,7-8H2,(H,16,17). The summed E-state index contributed by atoms with van der Waals surface area (Å²) in [5.41, 5.74) is 0. The Balaban J connectivity index is 2.09. The van der Waals surface area contributed by atoms with Crippen LogP contribution >= 0.6 is 11.6 Å². The van der Waals surface area contributed by atoms with Crippen molar-refractivity contribution in [1.29, 1.82) is 0 Å². The van der Waals surface area contributed by atoms with Gasteiger partial charge >= 0.3 is 6.09 Å². The first-order valence-corrected chi connectivity index (χ1v) is 5.83. The van der Waals surface area contributed by atoms with E-state index in [-0.39, 0.29) is 13.2 Å². The zero-order valence-corrected chi connectivity index (χ0v) is 10.3. The minimum Gasteiger partial charge on any atom is -0.490 e. The minimum atomic E-state index is -1.07. The number of amides is 1. The summed E-state index contributed by atoms with van der Waals surface area (Å²) in [6.07, 6.45) is -1.07. The van der Waals surface area contributed by atoms with E-state index in [1.165, 1.54) is 0 Å². The molecule has 0 spiro atoms. The third-order valence-corrected chi connectivity index (χ3v) is 2.85. The Labute approximate surface area is 109 Å². The van der Waals surface area contributed by atoms with Crippen molar-refractivity contribution in [2.75, 3.05) is 13.2 Å². The number of fused-ring (bicyclic) bond motifs is 1. The van der Waals surface area contributed by atoms with Gasteiger partial charge in [-0.15, -0.1) is 0 Å². The van der Waals surface area contributed by atoms with E-state index in [9.17, 15) is 4.79 Å². The van der Waals surface area contributed by atoms with Gasteiger partial charge in [-0.25, -0.2) is 4.79 Å². The lowest BCUT2D eigenvalue weighted by Crippen LogP contribution is -2.26. The monoisotopic (exact) mass is 265 g/mol. The second kappa shape index (κ2) is 5.60. The molecule has 0 aliphatic heterocycles. The van der Waals surface area contributed by atoms with Gasteiger partial charge in [0.15, 0.2) is 0 Å². The molecule has 0 atom stereocenters. The summed E-state index contributed by atoms with van der Waals surface area (Å²) in [6, 6.07) is 11.4. The second-order valence-corrected chi connectivity index (χ2v) is 4.06. The van der Waals surface area contributed by atoms with Crippen LogP contribution in [0.25, 0.3) is 10.8 Å². The zero-order chi connectivity index (χ0) is 13.0. The van der Waals surface area contributed by atoms with Crippen LogP contribution in [0.15, 0.2) is 36.4 Å². The Kier molecular flexibility index (Phi) is 3.89. The number of carboxylic acid groups (broad SMARTS) is 1. The number of rotatable bonds is 4. The summed E-state index contributed by atoms with van der Waals surface area (Å²) in [6.45, 7) is 0.461. The van der Waals surface area contributed by atoms with Crippen molar-refractivity contribution in [2.45, 2.75) is 0 Å². The first-order chi connectivity index (χ1) is 8.68. The zero-order valence-electron chi connectivity index (χ0n) is 9.52. The van der Waals surface area contributed by atoms with Crippen LogP contribution < -0.4 is 10.1 Å². The smallest absolute Gasteiger partial charge is 0.404 e. The molecule has 0 unspecified atom stereocenters. The Morgan fingerprint density at radius 1 is 1.28 bits per heavy atom. The van der Waals surface area contributed by atoms with E-state index in [0.29, 0.717) is 10.8 Å². The van der Waals surface area contributed by atoms with Gasteiger partial charge in [0.1, 0.15) is 12.4 Å². The molecule has 0 saturated carbocycles. The van der Waals surface area contributed by atoms with Crippen molar-refractivity contribution < 1.29 is 14.6 Å². The van der Waals surface area contributed by atoms with Crippen LogP contribution in [0.4, 0.5) is 4.79 Å². The van der Waals surface area contributed by atoms with Crippen molar-refractivity contribution in [3.05, 3.63) is 41.4 Å². The highest BCUT2D eigenvalue weighted by Crippen LogP contribution is 2.32. The lowest BCUT2D eigenvalue weighted by atomic mass is 10.1. The Morgan fingerprint density at radius 3 is 2.83 bits per heavy atom. The van der Waals surface area contributed by atoms with E-state index in [2.05, 4.69) is 5.32 Å². The number of halogens is 1. The van der Waals surface area contributed by atoms with Gasteiger partial charge in [0, 0.05) is 5.39 Å². The fourth-order valence-corrected chi connectivity index (χ4v) is 1.93. The molecule has 0 saturated heterocycles. The van der Waals surface area contributed by atoms with Gasteiger partial charge < -0.3 is 15.2 Å². The Hall–Kier alpha value is -1.94. The van der Waals surface area contributed by atoms with Crippen LogP contribution in [0.3, 0.4) is 0 Å². The summed E-state index contributed by atoms with van der Waals surface area (Å²) in [5, 5.41) is 13.1. The van der Waals surface area contributed by atoms with E-state index in [1.807, 2.05) is 30.3 Å². The fraction of sp³-hybridized carbons (Fsp3) is 0.154. The maximum atomic E-state index is 10.3. The van der Waals surface area contributed by atoms with Crippen LogP contribution in [0.2, 0.25) is 5.02 Å². The van der Waals surface area contributed by atoms with Crippen LogP contribution in [-0.4, -0.2) is 24.4 Å². The SMILES string of the molecule is O=C(O)NCCOc1ccc2ccccc2c1Cl. The number of hydrogen-bond donors (Lipinski definition) is 2. The average Bonchev–Trinajstić information content (AvgIpc) is 2.37. The summed E-state index contributed by atoms with van der Waals surface area (Å²) >= 11 is 6.22. The number of benzene rings is 2. The van der Waals surface area contributed by atoms with Gasteiger partial charge in [0.05, 0.1) is 11.6 Å². The topological polar surface area (TPSA) is 58.6 Å². The summed E-state index contributed by atoms with van der Waals surface area (Å²) in [4.78, 5) is 10.3. The van der Waals surface area contributed by atoms with E-state index in [0.717, 1.165) is 10.8 Å². The fourth-order valence-electron chi connectivity index (χ4n) is 1.64. The quantitative estimate of drug-likeness (QED) is 0.835. The molecule has 0 aliphatic rings. The summed E-state index contributed by atoms with van der Waals surface area (Å²) < 4.78 is 5.44. The number of nitrogens with one attached hydrogen (secondary N) is 1. The predicted molar refractivity (Wildman–Crippen MR) is 70.5 cm³/mol. The van der Waals surface area contributed by atoms with Crippen molar-refractivity contribution in [3.8, 4) is 5.75 Å². The maximum absolute atomic E-state index is 10.3. The van der Waals surface area contributed by atoms with E-state index in [1.54, 1.807) is 6.07 Å². The largest absolute Gasteiger partial charge is 0.490 e. The van der Waals surface area contributed by atoms with Crippen molar-refractivity contribution in [3.63, 3.8) is 0 Å². The van der Waals surface area contributed by atoms with E-state index >= 15 is 0 Å². The first kappa shape index (κ1) is 12.5. The molecule has 0 bridgehead atoms. The van der Waals surface area contributed by atoms with Crippen LogP contribution in [0, 0.1) is 0 Å². The molecule has 0 heterocycles. The summed E-state index contributed by atoms with van der Waals surface area (Å²) in [7, 11) is 0. The molecule has 2 rings (SSSR count). The highest BCUT2D eigenvalue weighted by atomic mass is 35.5. The highest BCUT2D eigenvalue weighted by molar-refractivity contribution is 6.37. The normalized spacial score (nSPS) is 10.3. The molecule has 2 aromatic rings. The Bertz CT molecular complexity index is 571. The molecular formula is C13H12ClNO3. The second-order valence-electron chi connectivity index (χ2n) is 3.68. The van der Waals surface area contributed by atoms with Gasteiger partial charge in [0.2, 0.25) is 0 Å². The van der Waals surface area contributed by atoms with Gasteiger partial charge in [-0.3, -0.25) is 0 Å². The molecular weight excluding hydrogens is 254 g/mol. The molecule has 94 valence electrons. The van der Waals surface area contributed by atoms with Crippen molar-refractivity contribution >= 4 is 28.5 Å². The molecule has 18 heavy (non-hydrogen) atoms. The molecule has 2 aromatic carbocycles. The van der Waals surface area contributed by atoms with Gasteiger partial charge in [-0.05, 0) is 11.5 Å². The lowest BCUT2D eigenvalue weighted by molar-refractivity contribution is 0.191. The molecule has 0 fully saturated rings. The molecule has 0 aromatic heterocycles. The Morgan fingerprint density at radius 2 is 2.06 bits per heavy atom. The molecule has 5 heteroatoms. The number of carbonyl (C=O) groups is 1. The predicted octanol–water partition coefficient (Wildman–Crippen LogP) is 3.14. The highest BCUT2D eigenvalue weighted by Gasteiger charge is 2.06. The lowest BCUT2D eigenvalue weighted by Gasteiger charge is -2.09. The third-order valence-electron chi connectivity index (χ3n) is 2.46. The third kappa shape index (κ3) is 2.84. The van der Waals surface area contributed by atoms with Crippen molar-refractivity contribution in [2.24, 2.45) is 0 Å². The van der Waals surface area contributed by atoms with Gasteiger partial charge in [-0.2, -0.15) is 0 Å².